The van der Waals surface area contributed by atoms with Gasteiger partial charge in [0.05, 0.1) is 11.4 Å². The molecule has 0 bridgehead atoms. The molecule has 1 N–H and O–H groups in total. The summed E-state index contributed by atoms with van der Waals surface area (Å²) in [6, 6.07) is 1.97. The summed E-state index contributed by atoms with van der Waals surface area (Å²) < 4.78 is 6.14. The van der Waals surface area contributed by atoms with Crippen molar-refractivity contribution in [1.29, 1.82) is 0 Å². The Morgan fingerprint density at radius 2 is 2.50 bits per heavy atom. The average molecular weight is 300 g/mol. The maximum absolute atomic E-state index is 5.11. The Labute approximate surface area is 106 Å². The first-order chi connectivity index (χ1) is 7.79. The number of halogens is 1. The number of nitrogens with one attached hydrogen (secondary N) is 1. The van der Waals surface area contributed by atoms with E-state index in [-0.39, 0.29) is 0 Å². The largest absolute Gasteiger partial charge is 0.338 e. The van der Waals surface area contributed by atoms with Gasteiger partial charge >= 0.3 is 0 Å². The predicted molar refractivity (Wildman–Crippen MR) is 67.2 cm³/mol. The molecular formula is C10H10BrN3OS. The van der Waals surface area contributed by atoms with Crippen LogP contribution in [0.5, 0.6) is 0 Å². The number of aromatic nitrogens is 2. The van der Waals surface area contributed by atoms with E-state index in [0.717, 1.165) is 15.9 Å². The number of hydrogen-bond acceptors (Lipinski definition) is 5. The molecule has 0 amide bonds. The van der Waals surface area contributed by atoms with Gasteiger partial charge in [0.1, 0.15) is 0 Å². The smallest absolute Gasteiger partial charge is 0.240 e. The highest BCUT2D eigenvalue weighted by molar-refractivity contribution is 9.10. The molecule has 0 fully saturated rings. The highest BCUT2D eigenvalue weighted by Gasteiger charge is 2.09. The summed E-state index contributed by atoms with van der Waals surface area (Å²) >= 11 is 4.96. The van der Waals surface area contributed by atoms with Gasteiger partial charge in [0.15, 0.2) is 0 Å². The molecule has 4 nitrogen and oxygen atoms in total. The van der Waals surface area contributed by atoms with E-state index in [1.807, 2.05) is 11.4 Å². The Morgan fingerprint density at radius 1 is 1.62 bits per heavy atom. The van der Waals surface area contributed by atoms with Gasteiger partial charge in [0, 0.05) is 16.4 Å². The van der Waals surface area contributed by atoms with Crippen LogP contribution in [0.1, 0.15) is 5.89 Å². The predicted octanol–water partition coefficient (Wildman–Crippen LogP) is 2.84. The van der Waals surface area contributed by atoms with Gasteiger partial charge in [-0.05, 0) is 22.0 Å². The molecule has 0 spiro atoms. The fraction of sp³-hybridized carbons (Fsp3) is 0.200. The summed E-state index contributed by atoms with van der Waals surface area (Å²) in [5.74, 6) is 1.22. The number of hydrogen-bond donors (Lipinski definition) is 1. The Morgan fingerprint density at radius 3 is 3.19 bits per heavy atom. The highest BCUT2D eigenvalue weighted by Crippen LogP contribution is 2.27. The molecule has 0 radical (unpaired) electrons. The van der Waals surface area contributed by atoms with Crippen LogP contribution in [0.3, 0.4) is 0 Å². The molecule has 0 saturated carbocycles. The monoisotopic (exact) mass is 299 g/mol. The Hall–Kier alpha value is -0.980. The summed E-state index contributed by atoms with van der Waals surface area (Å²) in [4.78, 5) is 5.27. The Bertz CT molecular complexity index is 480. The van der Waals surface area contributed by atoms with Crippen molar-refractivity contribution in [3.63, 3.8) is 0 Å². The number of thiophene rings is 1. The lowest BCUT2D eigenvalue weighted by atomic mass is 10.4. The van der Waals surface area contributed by atoms with E-state index in [9.17, 15) is 0 Å². The Kier molecular flexibility index (Phi) is 3.87. The standard InChI is InChI=1S/C10H10BrN3OS/c1-2-3-12-5-9-13-10(14-15-9)8-4-7(11)6-16-8/h2,4,6,12H,1,3,5H2. The Balaban J connectivity index is 2.04. The van der Waals surface area contributed by atoms with Crippen LogP contribution < -0.4 is 5.32 Å². The lowest BCUT2D eigenvalue weighted by Gasteiger charge is -1.93. The first-order valence-electron chi connectivity index (χ1n) is 4.68. The van der Waals surface area contributed by atoms with Gasteiger partial charge in [-0.25, -0.2) is 0 Å². The quantitative estimate of drug-likeness (QED) is 0.681. The molecule has 2 aromatic heterocycles. The van der Waals surface area contributed by atoms with Gasteiger partial charge in [0.2, 0.25) is 11.7 Å². The van der Waals surface area contributed by atoms with E-state index >= 15 is 0 Å². The van der Waals surface area contributed by atoms with Crippen molar-refractivity contribution in [3.05, 3.63) is 34.5 Å². The summed E-state index contributed by atoms with van der Waals surface area (Å²) in [7, 11) is 0. The van der Waals surface area contributed by atoms with E-state index in [1.165, 1.54) is 0 Å². The maximum Gasteiger partial charge on any atom is 0.240 e. The fourth-order valence-corrected chi connectivity index (χ4v) is 2.49. The molecule has 2 aromatic rings. The molecule has 2 rings (SSSR count). The summed E-state index contributed by atoms with van der Waals surface area (Å²) in [5, 5.41) is 9.00. The van der Waals surface area contributed by atoms with E-state index in [1.54, 1.807) is 17.4 Å². The van der Waals surface area contributed by atoms with Crippen LogP contribution >= 0.6 is 27.3 Å². The second-order valence-corrected chi connectivity index (χ2v) is 4.89. The molecule has 2 heterocycles. The maximum atomic E-state index is 5.11. The minimum absolute atomic E-state index is 0.561. The summed E-state index contributed by atoms with van der Waals surface area (Å²) in [6.45, 7) is 4.90. The third-order valence-corrected chi connectivity index (χ3v) is 3.51. The zero-order valence-corrected chi connectivity index (χ0v) is 10.8. The lowest BCUT2D eigenvalue weighted by molar-refractivity contribution is 0.370. The molecule has 0 aliphatic carbocycles. The van der Waals surface area contributed by atoms with Crippen molar-refractivity contribution < 1.29 is 4.52 Å². The van der Waals surface area contributed by atoms with Crippen molar-refractivity contribution in [3.8, 4) is 10.7 Å². The zero-order chi connectivity index (χ0) is 11.4. The van der Waals surface area contributed by atoms with E-state index < -0.39 is 0 Å². The highest BCUT2D eigenvalue weighted by atomic mass is 79.9. The van der Waals surface area contributed by atoms with Gasteiger partial charge in [0.25, 0.3) is 0 Å². The first kappa shape index (κ1) is 11.5. The minimum Gasteiger partial charge on any atom is -0.338 e. The van der Waals surface area contributed by atoms with Gasteiger partial charge in [-0.2, -0.15) is 4.98 Å². The van der Waals surface area contributed by atoms with Crippen molar-refractivity contribution in [2.75, 3.05) is 6.54 Å². The van der Waals surface area contributed by atoms with E-state index in [2.05, 4.69) is 38.0 Å². The zero-order valence-electron chi connectivity index (χ0n) is 8.44. The third-order valence-electron chi connectivity index (χ3n) is 1.82. The second-order valence-electron chi connectivity index (χ2n) is 3.06. The topological polar surface area (TPSA) is 51.0 Å². The van der Waals surface area contributed by atoms with Gasteiger partial charge in [-0.3, -0.25) is 0 Å². The average Bonchev–Trinajstić information content (AvgIpc) is 2.87. The van der Waals surface area contributed by atoms with Gasteiger partial charge < -0.3 is 9.84 Å². The second kappa shape index (κ2) is 5.38. The van der Waals surface area contributed by atoms with Gasteiger partial charge in [-0.1, -0.05) is 11.2 Å². The molecule has 6 heteroatoms. The molecule has 0 saturated heterocycles. The van der Waals surface area contributed by atoms with Crippen LogP contribution in [0.25, 0.3) is 10.7 Å². The molecule has 0 aromatic carbocycles. The molecule has 16 heavy (non-hydrogen) atoms. The van der Waals surface area contributed by atoms with Crippen LogP contribution in [0.4, 0.5) is 0 Å². The van der Waals surface area contributed by atoms with Crippen LogP contribution in [-0.2, 0) is 6.54 Å². The molecule has 84 valence electrons. The van der Waals surface area contributed by atoms with E-state index in [4.69, 9.17) is 4.52 Å². The number of rotatable bonds is 5. The minimum atomic E-state index is 0.561. The van der Waals surface area contributed by atoms with Crippen LogP contribution in [0, 0.1) is 0 Å². The van der Waals surface area contributed by atoms with Crippen molar-refractivity contribution >= 4 is 27.3 Å². The summed E-state index contributed by atoms with van der Waals surface area (Å²) in [5.41, 5.74) is 0. The van der Waals surface area contributed by atoms with E-state index in [0.29, 0.717) is 18.3 Å². The number of nitrogens with zero attached hydrogens (tertiary/aromatic N) is 2. The van der Waals surface area contributed by atoms with Crippen LogP contribution in [0.2, 0.25) is 0 Å². The molecule has 0 aliphatic rings. The summed E-state index contributed by atoms with van der Waals surface area (Å²) in [6.07, 6.45) is 1.79. The normalized spacial score (nSPS) is 10.6. The third kappa shape index (κ3) is 2.78. The lowest BCUT2D eigenvalue weighted by Crippen LogP contribution is -2.12. The fourth-order valence-electron chi connectivity index (χ4n) is 1.14. The molecular weight excluding hydrogens is 290 g/mol. The van der Waals surface area contributed by atoms with Crippen molar-refractivity contribution in [2.24, 2.45) is 0 Å². The molecule has 0 atom stereocenters. The van der Waals surface area contributed by atoms with Crippen molar-refractivity contribution in [1.82, 2.24) is 15.5 Å². The SMILES string of the molecule is C=CCNCc1nc(-c2cc(Br)cs2)no1. The first-order valence-corrected chi connectivity index (χ1v) is 6.35. The van der Waals surface area contributed by atoms with Crippen molar-refractivity contribution in [2.45, 2.75) is 6.54 Å². The van der Waals surface area contributed by atoms with Gasteiger partial charge in [-0.15, -0.1) is 17.9 Å². The van der Waals surface area contributed by atoms with Crippen LogP contribution in [-0.4, -0.2) is 16.7 Å². The molecule has 0 unspecified atom stereocenters. The molecule has 0 aliphatic heterocycles. The van der Waals surface area contributed by atoms with Crippen LogP contribution in [0.15, 0.2) is 33.1 Å².